The van der Waals surface area contributed by atoms with Crippen molar-refractivity contribution < 1.29 is 19.1 Å². The molecule has 0 unspecified atom stereocenters. The minimum atomic E-state index is -0.638. The Morgan fingerprint density at radius 1 is 1.04 bits per heavy atom. The summed E-state index contributed by atoms with van der Waals surface area (Å²) in [4.78, 5) is 35.4. The van der Waals surface area contributed by atoms with Gasteiger partial charge in [0.25, 0.3) is 5.91 Å². The van der Waals surface area contributed by atoms with E-state index >= 15 is 0 Å². The Hall–Kier alpha value is -3.19. The molecule has 126 valence electrons. The highest BCUT2D eigenvalue weighted by Gasteiger charge is 2.14. The predicted octanol–water partition coefficient (Wildman–Crippen LogP) is 2.34. The molecule has 2 aromatic carbocycles. The largest absolute Gasteiger partial charge is 0.422 e. The van der Waals surface area contributed by atoms with Crippen LogP contribution in [0.1, 0.15) is 20.0 Å². The monoisotopic (exact) mass is 354 g/mol. The van der Waals surface area contributed by atoms with Crippen LogP contribution in [0.5, 0.6) is 5.75 Å². The number of benzene rings is 2. The SMILES string of the molecule is NC(=O)CNC(=O)c1cccc(OC(=O)c2cc3ccccc3s2)c1. The predicted molar refractivity (Wildman–Crippen MR) is 94.8 cm³/mol. The van der Waals surface area contributed by atoms with Crippen molar-refractivity contribution in [3.8, 4) is 5.75 Å². The van der Waals surface area contributed by atoms with Crippen molar-refractivity contribution >= 4 is 39.2 Å². The summed E-state index contributed by atoms with van der Waals surface area (Å²) in [6, 6.07) is 15.6. The molecule has 0 saturated heterocycles. The molecular formula is C18H14N2O4S. The normalized spacial score (nSPS) is 10.4. The van der Waals surface area contributed by atoms with Crippen LogP contribution in [-0.4, -0.2) is 24.3 Å². The Morgan fingerprint density at radius 3 is 2.60 bits per heavy atom. The van der Waals surface area contributed by atoms with Crippen LogP contribution in [0.3, 0.4) is 0 Å². The third kappa shape index (κ3) is 4.02. The van der Waals surface area contributed by atoms with Gasteiger partial charge in [0, 0.05) is 10.3 Å². The molecule has 2 amide bonds. The van der Waals surface area contributed by atoms with Crippen LogP contribution in [0.15, 0.2) is 54.6 Å². The van der Waals surface area contributed by atoms with Crippen LogP contribution >= 0.6 is 11.3 Å². The van der Waals surface area contributed by atoms with Crippen molar-refractivity contribution in [2.45, 2.75) is 0 Å². The summed E-state index contributed by atoms with van der Waals surface area (Å²) in [6.07, 6.45) is 0. The highest BCUT2D eigenvalue weighted by atomic mass is 32.1. The van der Waals surface area contributed by atoms with Crippen LogP contribution in [0.25, 0.3) is 10.1 Å². The van der Waals surface area contributed by atoms with Gasteiger partial charge in [-0.25, -0.2) is 4.79 Å². The van der Waals surface area contributed by atoms with Gasteiger partial charge in [0.05, 0.1) is 6.54 Å². The molecule has 0 fully saturated rings. The van der Waals surface area contributed by atoms with E-state index in [1.807, 2.05) is 24.3 Å². The smallest absolute Gasteiger partial charge is 0.353 e. The number of hydrogen-bond acceptors (Lipinski definition) is 5. The third-order valence-electron chi connectivity index (χ3n) is 3.36. The summed E-state index contributed by atoms with van der Waals surface area (Å²) in [7, 11) is 0. The molecule has 0 saturated carbocycles. The Balaban J connectivity index is 1.74. The average molecular weight is 354 g/mol. The second-order valence-electron chi connectivity index (χ2n) is 5.21. The van der Waals surface area contributed by atoms with E-state index in [4.69, 9.17) is 10.5 Å². The third-order valence-corrected chi connectivity index (χ3v) is 4.45. The molecule has 1 heterocycles. The molecule has 3 aromatic rings. The summed E-state index contributed by atoms with van der Waals surface area (Å²) < 4.78 is 6.34. The number of fused-ring (bicyclic) bond motifs is 1. The summed E-state index contributed by atoms with van der Waals surface area (Å²) in [5.74, 6) is -1.36. The molecule has 0 atom stereocenters. The number of thiophene rings is 1. The van der Waals surface area contributed by atoms with Crippen LogP contribution in [0.2, 0.25) is 0 Å². The maximum atomic E-state index is 12.3. The molecule has 25 heavy (non-hydrogen) atoms. The van der Waals surface area contributed by atoms with Crippen molar-refractivity contribution in [3.63, 3.8) is 0 Å². The summed E-state index contributed by atoms with van der Waals surface area (Å²) in [6.45, 7) is -0.259. The first-order chi connectivity index (χ1) is 12.0. The number of primary amides is 1. The highest BCUT2D eigenvalue weighted by Crippen LogP contribution is 2.26. The van der Waals surface area contributed by atoms with Crippen molar-refractivity contribution in [1.82, 2.24) is 5.32 Å². The van der Waals surface area contributed by atoms with E-state index in [9.17, 15) is 14.4 Å². The van der Waals surface area contributed by atoms with Crippen LogP contribution in [0, 0.1) is 0 Å². The van der Waals surface area contributed by atoms with Gasteiger partial charge in [-0.3, -0.25) is 9.59 Å². The molecule has 3 rings (SSSR count). The van der Waals surface area contributed by atoms with Gasteiger partial charge >= 0.3 is 5.97 Å². The van der Waals surface area contributed by atoms with E-state index in [1.54, 1.807) is 24.3 Å². The van der Waals surface area contributed by atoms with Crippen molar-refractivity contribution in [1.29, 1.82) is 0 Å². The standard InChI is InChI=1S/C18H14N2O4S/c19-16(21)10-20-17(22)12-5-3-6-13(8-12)24-18(23)15-9-11-4-1-2-7-14(11)25-15/h1-9H,10H2,(H2,19,21)(H,20,22). The van der Waals surface area contributed by atoms with Crippen LogP contribution < -0.4 is 15.8 Å². The molecule has 0 spiro atoms. The van der Waals surface area contributed by atoms with Gasteiger partial charge in [-0.2, -0.15) is 0 Å². The van der Waals surface area contributed by atoms with Gasteiger partial charge in [-0.1, -0.05) is 24.3 Å². The van der Waals surface area contributed by atoms with Gasteiger partial charge in [-0.15, -0.1) is 11.3 Å². The molecular weight excluding hydrogens is 340 g/mol. The Morgan fingerprint density at radius 2 is 1.84 bits per heavy atom. The van der Waals surface area contributed by atoms with E-state index in [0.717, 1.165) is 10.1 Å². The number of hydrogen-bond donors (Lipinski definition) is 2. The average Bonchev–Trinajstić information content (AvgIpc) is 3.04. The number of esters is 1. The van der Waals surface area contributed by atoms with Gasteiger partial charge in [0.2, 0.25) is 5.91 Å². The molecule has 0 radical (unpaired) electrons. The number of ether oxygens (including phenoxy) is 1. The molecule has 0 aliphatic carbocycles. The first-order valence-corrected chi connectivity index (χ1v) is 8.22. The lowest BCUT2D eigenvalue weighted by molar-refractivity contribution is -0.117. The maximum absolute atomic E-state index is 12.3. The first-order valence-electron chi connectivity index (χ1n) is 7.40. The minimum Gasteiger partial charge on any atom is -0.422 e. The minimum absolute atomic E-state index is 0.245. The molecule has 3 N–H and O–H groups in total. The van der Waals surface area contributed by atoms with E-state index in [-0.39, 0.29) is 17.9 Å². The fourth-order valence-electron chi connectivity index (χ4n) is 2.21. The van der Waals surface area contributed by atoms with Crippen LogP contribution in [-0.2, 0) is 4.79 Å². The van der Waals surface area contributed by atoms with Crippen molar-refractivity contribution in [2.24, 2.45) is 5.73 Å². The molecule has 0 bridgehead atoms. The second kappa shape index (κ2) is 7.14. The molecule has 6 nitrogen and oxygen atoms in total. The van der Waals surface area contributed by atoms with E-state index in [1.165, 1.54) is 17.4 Å². The number of carbonyl (C=O) groups is 3. The van der Waals surface area contributed by atoms with Crippen LogP contribution in [0.4, 0.5) is 0 Å². The molecule has 7 heteroatoms. The van der Waals surface area contributed by atoms with Gasteiger partial charge < -0.3 is 15.8 Å². The summed E-state index contributed by atoms with van der Waals surface area (Å²) in [5, 5.41) is 3.35. The number of amides is 2. The number of nitrogens with two attached hydrogens (primary N) is 1. The first kappa shape index (κ1) is 16.7. The van der Waals surface area contributed by atoms with E-state index in [0.29, 0.717) is 4.88 Å². The Labute approximate surface area is 147 Å². The zero-order valence-electron chi connectivity index (χ0n) is 13.0. The zero-order chi connectivity index (χ0) is 17.8. The van der Waals surface area contributed by atoms with Gasteiger partial charge in [0.15, 0.2) is 0 Å². The van der Waals surface area contributed by atoms with Crippen molar-refractivity contribution in [2.75, 3.05) is 6.54 Å². The second-order valence-corrected chi connectivity index (χ2v) is 6.30. The fraction of sp³-hybridized carbons (Fsp3) is 0.0556. The molecule has 1 aromatic heterocycles. The van der Waals surface area contributed by atoms with Gasteiger partial charge in [0.1, 0.15) is 10.6 Å². The fourth-order valence-corrected chi connectivity index (χ4v) is 3.15. The maximum Gasteiger partial charge on any atom is 0.353 e. The topological polar surface area (TPSA) is 98.5 Å². The Bertz CT molecular complexity index is 931. The molecule has 0 aliphatic heterocycles. The zero-order valence-corrected chi connectivity index (χ0v) is 13.8. The quantitative estimate of drug-likeness (QED) is 0.543. The van der Waals surface area contributed by atoms with Gasteiger partial charge in [-0.05, 0) is 35.7 Å². The van der Waals surface area contributed by atoms with Crippen molar-refractivity contribution in [3.05, 3.63) is 65.0 Å². The van der Waals surface area contributed by atoms with E-state index in [2.05, 4.69) is 5.32 Å². The summed E-state index contributed by atoms with van der Waals surface area (Å²) >= 11 is 1.34. The summed E-state index contributed by atoms with van der Waals surface area (Å²) in [5.41, 5.74) is 5.26. The number of nitrogens with one attached hydrogen (secondary N) is 1. The number of rotatable bonds is 5. The lowest BCUT2D eigenvalue weighted by atomic mass is 10.2. The lowest BCUT2D eigenvalue weighted by Gasteiger charge is -2.06. The lowest BCUT2D eigenvalue weighted by Crippen LogP contribution is -2.33. The molecule has 0 aliphatic rings. The Kier molecular flexibility index (Phi) is 4.76. The highest BCUT2D eigenvalue weighted by molar-refractivity contribution is 7.20. The number of carbonyl (C=O) groups excluding carboxylic acids is 3. The van der Waals surface area contributed by atoms with E-state index < -0.39 is 17.8 Å².